The molecule has 5 rings (SSSR count). The van der Waals surface area contributed by atoms with E-state index in [1.165, 1.54) is 57.8 Å². The summed E-state index contributed by atoms with van der Waals surface area (Å²) in [6.07, 6.45) is 14.8. The molecule has 0 saturated heterocycles. The quantitative estimate of drug-likeness (QED) is 0.424. The molecule has 5 aliphatic rings. The van der Waals surface area contributed by atoms with Gasteiger partial charge in [-0.1, -0.05) is 60.1 Å². The molecule has 9 atom stereocenters. The van der Waals surface area contributed by atoms with Crippen LogP contribution in [-0.2, 0) is 0 Å². The van der Waals surface area contributed by atoms with Crippen LogP contribution in [0.3, 0.4) is 0 Å². The van der Waals surface area contributed by atoms with E-state index in [0.29, 0.717) is 40.6 Å². The largest absolute Gasteiger partial charge is 0.396 e. The Morgan fingerprint density at radius 3 is 2.22 bits per heavy atom. The van der Waals surface area contributed by atoms with Crippen molar-refractivity contribution in [2.75, 3.05) is 6.61 Å². The van der Waals surface area contributed by atoms with Gasteiger partial charge in [0.1, 0.15) is 0 Å². The van der Waals surface area contributed by atoms with Crippen LogP contribution >= 0.6 is 0 Å². The number of allylic oxidation sites excluding steroid dienone is 2. The highest BCUT2D eigenvalue weighted by molar-refractivity contribution is 5.33. The summed E-state index contributed by atoms with van der Waals surface area (Å²) in [5.74, 6) is 1.98. The van der Waals surface area contributed by atoms with E-state index in [1.54, 1.807) is 5.57 Å². The van der Waals surface area contributed by atoms with E-state index in [4.69, 9.17) is 0 Å². The van der Waals surface area contributed by atoms with E-state index in [1.807, 2.05) is 0 Å². The van der Waals surface area contributed by atoms with Crippen molar-refractivity contribution >= 4 is 0 Å². The molecule has 0 aromatic rings. The zero-order chi connectivity index (χ0) is 23.4. The first-order valence-corrected chi connectivity index (χ1v) is 13.8. The highest BCUT2D eigenvalue weighted by Gasteiger charge is 2.67. The lowest BCUT2D eigenvalue weighted by Crippen LogP contribution is -2.64. The molecule has 182 valence electrons. The molecule has 0 amide bonds. The van der Waals surface area contributed by atoms with Gasteiger partial charge in [-0.15, -0.1) is 0 Å². The van der Waals surface area contributed by atoms with E-state index in [2.05, 4.69) is 54.5 Å². The van der Waals surface area contributed by atoms with Crippen LogP contribution in [0.25, 0.3) is 0 Å². The normalized spacial score (nSPS) is 56.8. The van der Waals surface area contributed by atoms with Gasteiger partial charge >= 0.3 is 0 Å². The van der Waals surface area contributed by atoms with Gasteiger partial charge in [0.15, 0.2) is 0 Å². The van der Waals surface area contributed by atoms with Gasteiger partial charge in [-0.2, -0.15) is 0 Å². The van der Waals surface area contributed by atoms with Gasteiger partial charge in [0, 0.05) is 6.61 Å². The predicted octanol–water partition coefficient (Wildman–Crippen LogP) is 7.14. The molecule has 0 spiro atoms. The minimum atomic E-state index is -0.149. The molecule has 4 saturated carbocycles. The molecule has 5 aliphatic carbocycles. The Hall–Kier alpha value is -0.340. The standard InChI is InChI=1S/C30H50O2/c1-25(2)22-10-13-30(7)23(28(22,5)12-11-24(25)32)9-8-20-21-18-26(3,19-31)14-15-27(21,4)16-17-29(20,30)6/h8,21-24,31-32H,9-19H2,1-7H3/t21-,22-,23+,24-,26+,27+,28-,29+,30+/m0/s1. The molecule has 32 heavy (non-hydrogen) atoms. The summed E-state index contributed by atoms with van der Waals surface area (Å²) in [4.78, 5) is 0. The molecular weight excluding hydrogens is 392 g/mol. The minimum absolute atomic E-state index is 0.0245. The maximum atomic E-state index is 10.9. The molecular formula is C30H50O2. The van der Waals surface area contributed by atoms with Gasteiger partial charge in [0.05, 0.1) is 6.10 Å². The first kappa shape index (κ1) is 23.4. The van der Waals surface area contributed by atoms with Gasteiger partial charge in [0.2, 0.25) is 0 Å². The Labute approximate surface area is 197 Å². The molecule has 2 heteroatoms. The van der Waals surface area contributed by atoms with Crippen LogP contribution in [0.4, 0.5) is 0 Å². The van der Waals surface area contributed by atoms with Crippen LogP contribution < -0.4 is 0 Å². The van der Waals surface area contributed by atoms with Crippen molar-refractivity contribution in [2.24, 2.45) is 50.2 Å². The lowest BCUT2D eigenvalue weighted by molar-refractivity contribution is -0.203. The third-order valence-electron chi connectivity index (χ3n) is 13.3. The van der Waals surface area contributed by atoms with E-state index in [-0.39, 0.29) is 22.3 Å². The fraction of sp³-hybridized carbons (Fsp3) is 0.933. The SMILES string of the molecule is CC1(C)[C@@H](O)CC[C@]2(C)[C@H]3CC=C4[C@@H]5C[C@](C)(CO)CC[C@]5(C)CC[C@@]4(C)[C@]3(C)CC[C@@H]12. The van der Waals surface area contributed by atoms with Crippen LogP contribution in [0.5, 0.6) is 0 Å². The van der Waals surface area contributed by atoms with E-state index in [9.17, 15) is 10.2 Å². The number of aliphatic hydroxyl groups is 2. The lowest BCUT2D eigenvalue weighted by Gasteiger charge is -2.71. The van der Waals surface area contributed by atoms with Crippen LogP contribution in [-0.4, -0.2) is 22.9 Å². The van der Waals surface area contributed by atoms with Crippen molar-refractivity contribution in [1.29, 1.82) is 0 Å². The molecule has 0 aromatic heterocycles. The van der Waals surface area contributed by atoms with Crippen molar-refractivity contribution < 1.29 is 10.2 Å². The molecule has 0 aliphatic heterocycles. The molecule has 0 aromatic carbocycles. The van der Waals surface area contributed by atoms with Gasteiger partial charge in [-0.3, -0.25) is 0 Å². The summed E-state index contributed by atoms with van der Waals surface area (Å²) in [5.41, 5.74) is 3.26. The van der Waals surface area contributed by atoms with Crippen molar-refractivity contribution in [2.45, 2.75) is 119 Å². The number of fused-ring (bicyclic) bond motifs is 7. The number of hydrogen-bond acceptors (Lipinski definition) is 2. The first-order chi connectivity index (χ1) is 14.8. The summed E-state index contributed by atoms with van der Waals surface area (Å²) < 4.78 is 0. The topological polar surface area (TPSA) is 40.5 Å². The summed E-state index contributed by atoms with van der Waals surface area (Å²) in [6, 6.07) is 0. The molecule has 2 N–H and O–H groups in total. The van der Waals surface area contributed by atoms with Crippen molar-refractivity contribution in [3.8, 4) is 0 Å². The maximum absolute atomic E-state index is 10.9. The average molecular weight is 443 g/mol. The Bertz CT molecular complexity index is 814. The van der Waals surface area contributed by atoms with Gasteiger partial charge in [-0.25, -0.2) is 0 Å². The first-order valence-electron chi connectivity index (χ1n) is 13.8. The van der Waals surface area contributed by atoms with Gasteiger partial charge in [0.25, 0.3) is 0 Å². The predicted molar refractivity (Wildman–Crippen MR) is 132 cm³/mol. The number of aliphatic hydroxyl groups excluding tert-OH is 2. The third-order valence-corrected chi connectivity index (χ3v) is 13.3. The Kier molecular flexibility index (Phi) is 5.02. The summed E-state index contributed by atoms with van der Waals surface area (Å²) in [6.45, 7) is 17.8. The molecule has 2 nitrogen and oxygen atoms in total. The highest BCUT2D eigenvalue weighted by Crippen LogP contribution is 2.75. The van der Waals surface area contributed by atoms with Crippen LogP contribution in [0.1, 0.15) is 113 Å². The molecule has 0 unspecified atom stereocenters. The second-order valence-electron chi connectivity index (χ2n) is 15.0. The van der Waals surface area contributed by atoms with E-state index >= 15 is 0 Å². The van der Waals surface area contributed by atoms with E-state index in [0.717, 1.165) is 6.42 Å². The molecule has 0 radical (unpaired) electrons. The summed E-state index contributed by atoms with van der Waals surface area (Å²) in [7, 11) is 0. The molecule has 4 fully saturated rings. The van der Waals surface area contributed by atoms with Crippen LogP contribution in [0, 0.1) is 50.2 Å². The fourth-order valence-electron chi connectivity index (χ4n) is 10.6. The summed E-state index contributed by atoms with van der Waals surface area (Å²) in [5, 5.41) is 21.1. The zero-order valence-corrected chi connectivity index (χ0v) is 22.1. The molecule has 0 bridgehead atoms. The van der Waals surface area contributed by atoms with Crippen molar-refractivity contribution in [3.05, 3.63) is 11.6 Å². The Morgan fingerprint density at radius 2 is 1.53 bits per heavy atom. The van der Waals surface area contributed by atoms with Crippen molar-refractivity contribution in [3.63, 3.8) is 0 Å². The third kappa shape index (κ3) is 2.78. The lowest BCUT2D eigenvalue weighted by atomic mass is 9.33. The highest BCUT2D eigenvalue weighted by atomic mass is 16.3. The monoisotopic (exact) mass is 442 g/mol. The fourth-order valence-corrected chi connectivity index (χ4v) is 10.6. The Balaban J connectivity index is 1.56. The maximum Gasteiger partial charge on any atom is 0.0594 e. The van der Waals surface area contributed by atoms with Crippen LogP contribution in [0.15, 0.2) is 11.6 Å². The molecule has 0 heterocycles. The smallest absolute Gasteiger partial charge is 0.0594 e. The van der Waals surface area contributed by atoms with Crippen LogP contribution in [0.2, 0.25) is 0 Å². The number of rotatable bonds is 1. The van der Waals surface area contributed by atoms with Gasteiger partial charge in [-0.05, 0) is 114 Å². The van der Waals surface area contributed by atoms with E-state index < -0.39 is 0 Å². The summed E-state index contributed by atoms with van der Waals surface area (Å²) >= 11 is 0. The Morgan fingerprint density at radius 1 is 0.844 bits per heavy atom. The zero-order valence-electron chi connectivity index (χ0n) is 22.1. The second kappa shape index (κ2) is 6.87. The van der Waals surface area contributed by atoms with Crippen molar-refractivity contribution in [1.82, 2.24) is 0 Å². The number of hydrogen-bond donors (Lipinski definition) is 2. The van der Waals surface area contributed by atoms with Gasteiger partial charge < -0.3 is 10.2 Å². The second-order valence-corrected chi connectivity index (χ2v) is 15.0. The average Bonchev–Trinajstić information content (AvgIpc) is 2.73. The minimum Gasteiger partial charge on any atom is -0.396 e.